The van der Waals surface area contributed by atoms with E-state index in [1.165, 1.54) is 0 Å². The summed E-state index contributed by atoms with van der Waals surface area (Å²) >= 11 is 3.45. The molecule has 1 aliphatic rings. The number of carbonyl (C=O) groups is 1. The predicted octanol–water partition coefficient (Wildman–Crippen LogP) is 1.80. The van der Waals surface area contributed by atoms with E-state index < -0.39 is 0 Å². The zero-order valence-corrected chi connectivity index (χ0v) is 8.47. The van der Waals surface area contributed by atoms with E-state index in [1.54, 1.807) is 0 Å². The highest BCUT2D eigenvalue weighted by Gasteiger charge is 2.22. The molecule has 4 heteroatoms. The van der Waals surface area contributed by atoms with Gasteiger partial charge in [-0.05, 0) is 11.6 Å². The van der Waals surface area contributed by atoms with Crippen LogP contribution in [0.2, 0.25) is 0 Å². The van der Waals surface area contributed by atoms with Crippen molar-refractivity contribution in [2.24, 2.45) is 0 Å². The summed E-state index contributed by atoms with van der Waals surface area (Å²) in [5, 5.41) is 5.56. The summed E-state index contributed by atoms with van der Waals surface area (Å²) < 4.78 is 1.03. The van der Waals surface area contributed by atoms with Crippen molar-refractivity contribution >= 4 is 22.0 Å². The van der Waals surface area contributed by atoms with Crippen molar-refractivity contribution in [3.63, 3.8) is 0 Å². The number of carbonyl (C=O) groups excluding carboxylic acids is 1. The fourth-order valence-electron chi connectivity index (χ4n) is 1.40. The third kappa shape index (κ3) is 1.67. The third-order valence-corrected chi connectivity index (χ3v) is 2.77. The Hall–Kier alpha value is -1.03. The summed E-state index contributed by atoms with van der Waals surface area (Å²) in [6.45, 7) is 0.654. The molecule has 2 rings (SSSR count). The highest BCUT2D eigenvalue weighted by Crippen LogP contribution is 2.23. The Labute approximate surface area is 84.6 Å². The van der Waals surface area contributed by atoms with Crippen molar-refractivity contribution in [2.75, 3.05) is 6.54 Å². The second-order valence-electron chi connectivity index (χ2n) is 2.93. The second kappa shape index (κ2) is 3.38. The lowest BCUT2D eigenvalue weighted by molar-refractivity contribution is 0.247. The highest BCUT2D eigenvalue weighted by atomic mass is 79.9. The lowest BCUT2D eigenvalue weighted by Crippen LogP contribution is -2.21. The van der Waals surface area contributed by atoms with Gasteiger partial charge in [-0.2, -0.15) is 0 Å². The molecule has 1 aliphatic heterocycles. The van der Waals surface area contributed by atoms with E-state index in [4.69, 9.17) is 0 Å². The van der Waals surface area contributed by atoms with Gasteiger partial charge in [-0.1, -0.05) is 34.1 Å². The van der Waals surface area contributed by atoms with Crippen LogP contribution >= 0.6 is 15.9 Å². The lowest BCUT2D eigenvalue weighted by atomic mass is 10.1. The average Bonchev–Trinajstić information content (AvgIpc) is 2.53. The Morgan fingerprint density at radius 2 is 2.15 bits per heavy atom. The van der Waals surface area contributed by atoms with Gasteiger partial charge in [0, 0.05) is 11.0 Å². The van der Waals surface area contributed by atoms with E-state index >= 15 is 0 Å². The van der Waals surface area contributed by atoms with Crippen molar-refractivity contribution < 1.29 is 4.79 Å². The van der Waals surface area contributed by atoms with Crippen LogP contribution < -0.4 is 10.6 Å². The molecule has 1 heterocycles. The van der Waals surface area contributed by atoms with Gasteiger partial charge in [-0.15, -0.1) is 0 Å². The minimum Gasteiger partial charge on any atom is -0.336 e. The van der Waals surface area contributed by atoms with E-state index in [1.807, 2.05) is 24.3 Å². The Morgan fingerprint density at radius 3 is 2.77 bits per heavy atom. The molecule has 0 aromatic heterocycles. The molecule has 0 unspecified atom stereocenters. The van der Waals surface area contributed by atoms with Gasteiger partial charge in [0.1, 0.15) is 0 Å². The maximum atomic E-state index is 10.9. The summed E-state index contributed by atoms with van der Waals surface area (Å²) in [5.74, 6) is 0. The van der Waals surface area contributed by atoms with Gasteiger partial charge >= 0.3 is 6.03 Å². The summed E-state index contributed by atoms with van der Waals surface area (Å²) in [6.07, 6.45) is 0. The van der Waals surface area contributed by atoms with Crippen molar-refractivity contribution in [1.29, 1.82) is 0 Å². The van der Waals surface area contributed by atoms with Gasteiger partial charge in [-0.25, -0.2) is 4.79 Å². The Kier molecular flexibility index (Phi) is 2.22. The normalized spacial score (nSPS) is 21.0. The molecule has 68 valence electrons. The van der Waals surface area contributed by atoms with E-state index in [2.05, 4.69) is 26.6 Å². The van der Waals surface area contributed by atoms with Crippen LogP contribution in [-0.4, -0.2) is 12.6 Å². The molecule has 0 bridgehead atoms. The number of amides is 2. The van der Waals surface area contributed by atoms with Crippen LogP contribution in [-0.2, 0) is 0 Å². The minimum atomic E-state index is -0.0965. The third-order valence-electron chi connectivity index (χ3n) is 2.05. The molecule has 0 spiro atoms. The molecule has 1 aromatic carbocycles. The first-order chi connectivity index (χ1) is 6.27. The standard InChI is InChI=1S/C9H9BrN2O/c10-7-4-2-1-3-6(7)8-5-11-9(13)12-8/h1-4,8H,5H2,(H2,11,12,13)/t8-/m1/s1. The summed E-state index contributed by atoms with van der Waals surface area (Å²) in [6, 6.07) is 7.88. The largest absolute Gasteiger partial charge is 0.336 e. The van der Waals surface area contributed by atoms with E-state index in [0.29, 0.717) is 6.54 Å². The Morgan fingerprint density at radius 1 is 1.38 bits per heavy atom. The molecule has 2 amide bonds. The minimum absolute atomic E-state index is 0.0862. The van der Waals surface area contributed by atoms with Crippen LogP contribution in [0, 0.1) is 0 Å². The number of nitrogens with one attached hydrogen (secondary N) is 2. The Bertz CT molecular complexity index is 340. The molecule has 3 nitrogen and oxygen atoms in total. The molecule has 0 radical (unpaired) electrons. The Balaban J connectivity index is 2.26. The van der Waals surface area contributed by atoms with Gasteiger partial charge in [0.15, 0.2) is 0 Å². The van der Waals surface area contributed by atoms with Gasteiger partial charge in [0.25, 0.3) is 0 Å². The zero-order valence-electron chi connectivity index (χ0n) is 6.88. The quantitative estimate of drug-likeness (QED) is 0.773. The van der Waals surface area contributed by atoms with Crippen LogP contribution in [0.15, 0.2) is 28.7 Å². The van der Waals surface area contributed by atoms with Crippen molar-refractivity contribution in [3.05, 3.63) is 34.3 Å². The zero-order chi connectivity index (χ0) is 9.26. The number of halogens is 1. The molecule has 0 saturated carbocycles. The smallest absolute Gasteiger partial charge is 0.315 e. The molecule has 1 aromatic rings. The maximum Gasteiger partial charge on any atom is 0.315 e. The van der Waals surface area contributed by atoms with Gasteiger partial charge in [-0.3, -0.25) is 0 Å². The van der Waals surface area contributed by atoms with E-state index in [-0.39, 0.29) is 12.1 Å². The van der Waals surface area contributed by atoms with Gasteiger partial charge in [0.2, 0.25) is 0 Å². The summed E-state index contributed by atoms with van der Waals surface area (Å²) in [7, 11) is 0. The van der Waals surface area contributed by atoms with E-state index in [0.717, 1.165) is 10.0 Å². The fraction of sp³-hybridized carbons (Fsp3) is 0.222. The van der Waals surface area contributed by atoms with Crippen molar-refractivity contribution in [3.8, 4) is 0 Å². The van der Waals surface area contributed by atoms with Gasteiger partial charge in [0.05, 0.1) is 6.04 Å². The summed E-state index contributed by atoms with van der Waals surface area (Å²) in [4.78, 5) is 10.9. The molecule has 13 heavy (non-hydrogen) atoms. The number of hydrogen-bond donors (Lipinski definition) is 2. The van der Waals surface area contributed by atoms with Crippen LogP contribution in [0.5, 0.6) is 0 Å². The molecular weight excluding hydrogens is 232 g/mol. The fourth-order valence-corrected chi connectivity index (χ4v) is 1.96. The maximum absolute atomic E-state index is 10.9. The topological polar surface area (TPSA) is 41.1 Å². The first-order valence-electron chi connectivity index (χ1n) is 4.06. The molecule has 1 fully saturated rings. The first kappa shape index (κ1) is 8.56. The summed E-state index contributed by atoms with van der Waals surface area (Å²) in [5.41, 5.74) is 1.11. The van der Waals surface area contributed by atoms with E-state index in [9.17, 15) is 4.79 Å². The van der Waals surface area contributed by atoms with Crippen molar-refractivity contribution in [1.82, 2.24) is 10.6 Å². The molecular formula is C9H9BrN2O. The lowest BCUT2D eigenvalue weighted by Gasteiger charge is -2.10. The number of hydrogen-bond acceptors (Lipinski definition) is 1. The van der Waals surface area contributed by atoms with Crippen LogP contribution in [0.25, 0.3) is 0 Å². The molecule has 1 atom stereocenters. The molecule has 1 saturated heterocycles. The van der Waals surface area contributed by atoms with Crippen LogP contribution in [0.1, 0.15) is 11.6 Å². The van der Waals surface area contributed by atoms with Crippen molar-refractivity contribution in [2.45, 2.75) is 6.04 Å². The number of benzene rings is 1. The van der Waals surface area contributed by atoms with Crippen LogP contribution in [0.4, 0.5) is 4.79 Å². The molecule has 0 aliphatic carbocycles. The number of rotatable bonds is 1. The number of urea groups is 1. The van der Waals surface area contributed by atoms with Crippen LogP contribution in [0.3, 0.4) is 0 Å². The second-order valence-corrected chi connectivity index (χ2v) is 3.78. The first-order valence-corrected chi connectivity index (χ1v) is 4.85. The molecule has 2 N–H and O–H groups in total. The predicted molar refractivity (Wildman–Crippen MR) is 53.4 cm³/mol. The highest BCUT2D eigenvalue weighted by molar-refractivity contribution is 9.10. The van der Waals surface area contributed by atoms with Gasteiger partial charge < -0.3 is 10.6 Å². The monoisotopic (exact) mass is 240 g/mol. The SMILES string of the molecule is O=C1NC[C@H](c2ccccc2Br)N1. The average molecular weight is 241 g/mol.